The lowest BCUT2D eigenvalue weighted by atomic mass is 10.1. The number of aliphatic imine (C=N–C) groups is 1. The van der Waals surface area contributed by atoms with Crippen LogP contribution in [0.3, 0.4) is 0 Å². The van der Waals surface area contributed by atoms with Crippen LogP contribution in [0.4, 0.5) is 0 Å². The van der Waals surface area contributed by atoms with Crippen LogP contribution >= 0.6 is 0 Å². The van der Waals surface area contributed by atoms with E-state index in [9.17, 15) is 0 Å². The normalized spacial score (nSPS) is 12.1. The molecule has 4 nitrogen and oxygen atoms in total. The maximum absolute atomic E-state index is 4.26. The predicted octanol–water partition coefficient (Wildman–Crippen LogP) is 3.23. The summed E-state index contributed by atoms with van der Waals surface area (Å²) in [4.78, 5) is 7.62. The van der Waals surface area contributed by atoms with Crippen molar-refractivity contribution in [3.63, 3.8) is 0 Å². The summed E-state index contributed by atoms with van der Waals surface area (Å²) in [5, 5.41) is 8.05. The molecule has 0 saturated carbocycles. The Morgan fingerprint density at radius 3 is 2.73 bits per heavy atom. The molecule has 0 radical (unpaired) electrons. The fourth-order valence-corrected chi connectivity index (χ4v) is 2.52. The average Bonchev–Trinajstić information content (AvgIpc) is 2.87. The summed E-state index contributed by atoms with van der Waals surface area (Å²) in [5.41, 5.74) is 3.85. The van der Waals surface area contributed by atoms with E-state index in [0.717, 1.165) is 31.9 Å². The van der Waals surface area contributed by atoms with Gasteiger partial charge in [-0.05, 0) is 42.9 Å². The number of hydrogen-bond acceptors (Lipinski definition) is 1. The number of hydrogen-bond donors (Lipinski definition) is 3. The van der Waals surface area contributed by atoms with Gasteiger partial charge in [0.1, 0.15) is 0 Å². The van der Waals surface area contributed by atoms with Gasteiger partial charge < -0.3 is 15.6 Å². The number of aryl methyl sites for hydroxylation is 1. The minimum absolute atomic E-state index is 0.709. The first kappa shape index (κ1) is 16.4. The highest BCUT2D eigenvalue weighted by Gasteiger charge is 2.04. The van der Waals surface area contributed by atoms with Gasteiger partial charge in [0.25, 0.3) is 0 Å². The summed E-state index contributed by atoms with van der Waals surface area (Å²) < 4.78 is 0. The van der Waals surface area contributed by atoms with E-state index < -0.39 is 0 Å². The number of H-pyrrole nitrogens is 1. The van der Waals surface area contributed by atoms with E-state index >= 15 is 0 Å². The van der Waals surface area contributed by atoms with E-state index in [-0.39, 0.29) is 0 Å². The largest absolute Gasteiger partial charge is 0.361 e. The fraction of sp³-hybridized carbons (Fsp3) is 0.500. The summed E-state index contributed by atoms with van der Waals surface area (Å²) in [6.07, 6.45) is 4.25. The van der Waals surface area contributed by atoms with Gasteiger partial charge in [-0.1, -0.05) is 26.0 Å². The van der Waals surface area contributed by atoms with Crippen molar-refractivity contribution in [1.29, 1.82) is 0 Å². The van der Waals surface area contributed by atoms with Gasteiger partial charge in [-0.25, -0.2) is 0 Å². The van der Waals surface area contributed by atoms with Crippen molar-refractivity contribution in [2.45, 2.75) is 33.6 Å². The van der Waals surface area contributed by atoms with Crippen LogP contribution in [0, 0.1) is 12.8 Å². The number of nitrogens with one attached hydrogen (secondary N) is 3. The number of rotatable bonds is 6. The Morgan fingerprint density at radius 1 is 1.23 bits per heavy atom. The van der Waals surface area contributed by atoms with Crippen molar-refractivity contribution >= 4 is 16.9 Å². The minimum atomic E-state index is 0.709. The highest BCUT2D eigenvalue weighted by Crippen LogP contribution is 2.19. The Labute approximate surface area is 133 Å². The maximum Gasteiger partial charge on any atom is 0.190 e. The lowest BCUT2D eigenvalue weighted by Gasteiger charge is -2.12. The Hall–Kier alpha value is -1.97. The summed E-state index contributed by atoms with van der Waals surface area (Å²) in [7, 11) is 1.82. The summed E-state index contributed by atoms with van der Waals surface area (Å²) >= 11 is 0. The zero-order chi connectivity index (χ0) is 15.9. The second-order valence-corrected chi connectivity index (χ2v) is 6.22. The van der Waals surface area contributed by atoms with E-state index in [2.05, 4.69) is 65.8 Å². The van der Waals surface area contributed by atoms with Crippen molar-refractivity contribution in [1.82, 2.24) is 15.6 Å². The average molecular weight is 300 g/mol. The highest BCUT2D eigenvalue weighted by atomic mass is 15.2. The number of nitrogens with zero attached hydrogens (tertiary/aromatic N) is 1. The molecule has 22 heavy (non-hydrogen) atoms. The molecule has 0 fully saturated rings. The molecule has 0 amide bonds. The van der Waals surface area contributed by atoms with E-state index in [0.29, 0.717) is 5.92 Å². The highest BCUT2D eigenvalue weighted by molar-refractivity contribution is 5.84. The maximum atomic E-state index is 4.26. The molecule has 4 heteroatoms. The Morgan fingerprint density at radius 2 is 2.00 bits per heavy atom. The zero-order valence-corrected chi connectivity index (χ0v) is 14.2. The molecular formula is C18H28N4. The van der Waals surface area contributed by atoms with Crippen molar-refractivity contribution < 1.29 is 0 Å². The van der Waals surface area contributed by atoms with Crippen LogP contribution in [0.25, 0.3) is 10.9 Å². The van der Waals surface area contributed by atoms with Gasteiger partial charge in [0.05, 0.1) is 0 Å². The molecule has 0 aliphatic carbocycles. The summed E-state index contributed by atoms with van der Waals surface area (Å²) in [6.45, 7) is 8.42. The molecule has 2 aromatic rings. The van der Waals surface area contributed by atoms with Crippen LogP contribution in [-0.2, 0) is 6.42 Å². The second-order valence-electron chi connectivity index (χ2n) is 6.22. The van der Waals surface area contributed by atoms with Gasteiger partial charge >= 0.3 is 0 Å². The summed E-state index contributed by atoms with van der Waals surface area (Å²) in [5.74, 6) is 1.59. The lowest BCUT2D eigenvalue weighted by molar-refractivity contribution is 0.573. The van der Waals surface area contributed by atoms with Crippen molar-refractivity contribution in [2.75, 3.05) is 20.1 Å². The van der Waals surface area contributed by atoms with Crippen LogP contribution < -0.4 is 10.6 Å². The third-order valence-corrected chi connectivity index (χ3v) is 3.85. The topological polar surface area (TPSA) is 52.2 Å². The Balaban J connectivity index is 1.84. The Kier molecular flexibility index (Phi) is 5.87. The first-order chi connectivity index (χ1) is 10.6. The lowest BCUT2D eigenvalue weighted by Crippen LogP contribution is -2.39. The zero-order valence-electron chi connectivity index (χ0n) is 14.2. The molecule has 3 N–H and O–H groups in total. The SMILES string of the molecule is CN=C(NCCc1c[nH]c2cc(C)ccc12)NCCC(C)C. The van der Waals surface area contributed by atoms with Crippen molar-refractivity contribution in [3.8, 4) is 0 Å². The Bertz CT molecular complexity index is 625. The molecule has 0 aliphatic rings. The molecule has 1 heterocycles. The smallest absolute Gasteiger partial charge is 0.190 e. The third-order valence-electron chi connectivity index (χ3n) is 3.85. The molecule has 0 saturated heterocycles. The van der Waals surface area contributed by atoms with E-state index in [4.69, 9.17) is 0 Å². The number of aromatic amines is 1. The molecule has 1 aromatic carbocycles. The predicted molar refractivity (Wildman–Crippen MR) is 95.6 cm³/mol. The summed E-state index contributed by atoms with van der Waals surface area (Å²) in [6, 6.07) is 6.56. The van der Waals surface area contributed by atoms with Gasteiger partial charge in [0.2, 0.25) is 0 Å². The van der Waals surface area contributed by atoms with Gasteiger partial charge in [-0.15, -0.1) is 0 Å². The van der Waals surface area contributed by atoms with Crippen LogP contribution in [0.2, 0.25) is 0 Å². The standard InChI is InChI=1S/C18H28N4/c1-13(2)7-9-20-18(19-4)21-10-8-15-12-22-17-11-14(3)5-6-16(15)17/h5-6,11-13,22H,7-10H2,1-4H3,(H2,19,20,21). The molecular weight excluding hydrogens is 272 g/mol. The quantitative estimate of drug-likeness (QED) is 0.567. The van der Waals surface area contributed by atoms with E-state index in [1.54, 1.807) is 0 Å². The first-order valence-corrected chi connectivity index (χ1v) is 8.11. The molecule has 0 aliphatic heterocycles. The van der Waals surface area contributed by atoms with Crippen molar-refractivity contribution in [3.05, 3.63) is 35.5 Å². The van der Waals surface area contributed by atoms with Crippen LogP contribution in [0.1, 0.15) is 31.4 Å². The van der Waals surface area contributed by atoms with Crippen LogP contribution in [0.5, 0.6) is 0 Å². The molecule has 0 spiro atoms. The van der Waals surface area contributed by atoms with E-state index in [1.807, 2.05) is 7.05 Å². The monoisotopic (exact) mass is 300 g/mol. The third kappa shape index (κ3) is 4.52. The van der Waals surface area contributed by atoms with Crippen molar-refractivity contribution in [2.24, 2.45) is 10.9 Å². The molecule has 120 valence electrons. The molecule has 0 unspecified atom stereocenters. The van der Waals surface area contributed by atoms with Gasteiger partial charge in [0.15, 0.2) is 5.96 Å². The molecule has 1 aromatic heterocycles. The molecule has 0 bridgehead atoms. The molecule has 0 atom stereocenters. The second kappa shape index (κ2) is 7.87. The van der Waals surface area contributed by atoms with Gasteiger partial charge in [-0.3, -0.25) is 4.99 Å². The van der Waals surface area contributed by atoms with Gasteiger partial charge in [-0.2, -0.15) is 0 Å². The number of guanidine groups is 1. The fourth-order valence-electron chi connectivity index (χ4n) is 2.52. The number of benzene rings is 1. The minimum Gasteiger partial charge on any atom is -0.361 e. The molecule has 2 rings (SSSR count). The van der Waals surface area contributed by atoms with Crippen LogP contribution in [0.15, 0.2) is 29.4 Å². The van der Waals surface area contributed by atoms with Gasteiger partial charge in [0, 0.05) is 37.2 Å². The number of fused-ring (bicyclic) bond motifs is 1. The van der Waals surface area contributed by atoms with Crippen LogP contribution in [-0.4, -0.2) is 31.1 Å². The first-order valence-electron chi connectivity index (χ1n) is 8.11. The van der Waals surface area contributed by atoms with E-state index in [1.165, 1.54) is 22.0 Å². The number of aromatic nitrogens is 1.